The highest BCUT2D eigenvalue weighted by Crippen LogP contribution is 2.27. The van der Waals surface area contributed by atoms with Crippen LogP contribution in [-0.2, 0) is 9.53 Å². The van der Waals surface area contributed by atoms with Gasteiger partial charge in [-0.15, -0.1) is 5.10 Å². The third-order valence-corrected chi connectivity index (χ3v) is 5.07. The van der Waals surface area contributed by atoms with Gasteiger partial charge in [0.25, 0.3) is 5.91 Å². The van der Waals surface area contributed by atoms with Crippen molar-refractivity contribution in [2.45, 2.75) is 47.5 Å². The van der Waals surface area contributed by atoms with Gasteiger partial charge in [-0.25, -0.2) is 4.79 Å². The molecule has 162 valence electrons. The fourth-order valence-corrected chi connectivity index (χ4v) is 3.42. The van der Waals surface area contributed by atoms with Crippen LogP contribution in [0.2, 0.25) is 0 Å². The number of benzene rings is 2. The molecule has 0 saturated carbocycles. The molecular formula is C24H28N4O3. The smallest absolute Gasteiger partial charge is 0.361 e. The number of ether oxygens (including phenoxy) is 1. The summed E-state index contributed by atoms with van der Waals surface area (Å²) in [6.07, 6.45) is 0. The number of nitrogens with one attached hydrogen (secondary N) is 1. The topological polar surface area (TPSA) is 86.1 Å². The van der Waals surface area contributed by atoms with Gasteiger partial charge in [0.2, 0.25) is 0 Å². The summed E-state index contributed by atoms with van der Waals surface area (Å²) >= 11 is 0. The van der Waals surface area contributed by atoms with E-state index < -0.39 is 18.5 Å². The Morgan fingerprint density at radius 2 is 1.77 bits per heavy atom. The van der Waals surface area contributed by atoms with Crippen molar-refractivity contribution < 1.29 is 14.3 Å². The Morgan fingerprint density at radius 3 is 2.45 bits per heavy atom. The molecule has 7 heteroatoms. The summed E-state index contributed by atoms with van der Waals surface area (Å²) in [5.41, 5.74) is 6.18. The molecule has 2 aromatic carbocycles. The van der Waals surface area contributed by atoms with Crippen LogP contribution in [0.15, 0.2) is 36.4 Å². The van der Waals surface area contributed by atoms with Gasteiger partial charge in [0.05, 0.1) is 11.4 Å². The number of amides is 1. The lowest BCUT2D eigenvalue weighted by atomic mass is 9.98. The Bertz CT molecular complexity index is 1130. The summed E-state index contributed by atoms with van der Waals surface area (Å²) in [5.74, 6) is -0.831. The molecule has 0 aliphatic rings. The number of hydrogen-bond acceptors (Lipinski definition) is 5. The quantitative estimate of drug-likeness (QED) is 0.597. The summed E-state index contributed by atoms with van der Waals surface area (Å²) in [5, 5.41) is 11.5. The van der Waals surface area contributed by atoms with Gasteiger partial charge >= 0.3 is 5.97 Å². The average Bonchev–Trinajstić information content (AvgIpc) is 3.08. The van der Waals surface area contributed by atoms with Crippen LogP contribution < -0.4 is 5.32 Å². The molecule has 1 amide bonds. The van der Waals surface area contributed by atoms with Gasteiger partial charge < -0.3 is 10.1 Å². The summed E-state index contributed by atoms with van der Waals surface area (Å²) in [6, 6.07) is 11.8. The Kier molecular flexibility index (Phi) is 6.53. The van der Waals surface area contributed by atoms with Crippen molar-refractivity contribution in [1.29, 1.82) is 0 Å². The second kappa shape index (κ2) is 9.12. The molecule has 0 fully saturated rings. The molecular weight excluding hydrogens is 392 g/mol. The van der Waals surface area contributed by atoms with Crippen molar-refractivity contribution in [3.05, 3.63) is 70.0 Å². The van der Waals surface area contributed by atoms with Crippen molar-refractivity contribution in [3.8, 4) is 5.69 Å². The summed E-state index contributed by atoms with van der Waals surface area (Å²) in [6.45, 7) is 11.3. The maximum Gasteiger partial charge on any atom is 0.361 e. The van der Waals surface area contributed by atoms with E-state index in [1.807, 2.05) is 57.2 Å². The number of anilines is 1. The fourth-order valence-electron chi connectivity index (χ4n) is 3.42. The van der Waals surface area contributed by atoms with E-state index in [1.165, 1.54) is 4.80 Å². The number of para-hydroxylation sites is 1. The van der Waals surface area contributed by atoms with Gasteiger partial charge in [-0.1, -0.05) is 49.7 Å². The van der Waals surface area contributed by atoms with Crippen molar-refractivity contribution in [1.82, 2.24) is 15.0 Å². The lowest BCUT2D eigenvalue weighted by Crippen LogP contribution is -2.22. The lowest BCUT2D eigenvalue weighted by Gasteiger charge is -2.16. The van der Waals surface area contributed by atoms with Gasteiger partial charge in [0.1, 0.15) is 0 Å². The number of nitrogens with zero attached hydrogens (tertiary/aromatic N) is 3. The maximum atomic E-state index is 12.5. The molecule has 0 aliphatic carbocycles. The number of rotatable bonds is 6. The molecule has 0 bridgehead atoms. The Balaban J connectivity index is 1.69. The molecule has 31 heavy (non-hydrogen) atoms. The van der Waals surface area contributed by atoms with Crippen LogP contribution in [0, 0.1) is 27.7 Å². The van der Waals surface area contributed by atoms with Crippen LogP contribution in [0.5, 0.6) is 0 Å². The van der Waals surface area contributed by atoms with E-state index in [1.54, 1.807) is 6.92 Å². The molecule has 0 saturated heterocycles. The lowest BCUT2D eigenvalue weighted by molar-refractivity contribution is -0.119. The predicted molar refractivity (Wildman–Crippen MR) is 120 cm³/mol. The summed E-state index contributed by atoms with van der Waals surface area (Å²) in [4.78, 5) is 26.4. The van der Waals surface area contributed by atoms with Crippen molar-refractivity contribution in [2.75, 3.05) is 11.9 Å². The zero-order valence-electron chi connectivity index (χ0n) is 18.8. The first-order chi connectivity index (χ1) is 14.7. The average molecular weight is 421 g/mol. The van der Waals surface area contributed by atoms with Gasteiger partial charge in [0, 0.05) is 5.69 Å². The first kappa shape index (κ1) is 22.2. The highest BCUT2D eigenvalue weighted by Gasteiger charge is 2.20. The second-order valence-corrected chi connectivity index (χ2v) is 8.03. The molecule has 0 radical (unpaired) electrons. The number of aryl methyl sites for hydroxylation is 4. The zero-order chi connectivity index (χ0) is 22.7. The molecule has 0 spiro atoms. The maximum absolute atomic E-state index is 12.5. The number of carbonyl (C=O) groups is 2. The van der Waals surface area contributed by atoms with E-state index in [2.05, 4.69) is 29.4 Å². The highest BCUT2D eigenvalue weighted by molar-refractivity contribution is 5.96. The van der Waals surface area contributed by atoms with Gasteiger partial charge in [-0.3, -0.25) is 4.79 Å². The van der Waals surface area contributed by atoms with Crippen LogP contribution >= 0.6 is 0 Å². The molecule has 1 aromatic heterocycles. The molecule has 0 unspecified atom stereocenters. The minimum absolute atomic E-state index is 0.0894. The first-order valence-electron chi connectivity index (χ1n) is 10.3. The third-order valence-electron chi connectivity index (χ3n) is 5.07. The molecule has 0 atom stereocenters. The first-order valence-corrected chi connectivity index (χ1v) is 10.3. The molecule has 0 aliphatic heterocycles. The molecule has 3 aromatic rings. The van der Waals surface area contributed by atoms with Crippen LogP contribution in [0.3, 0.4) is 0 Å². The van der Waals surface area contributed by atoms with Crippen molar-refractivity contribution >= 4 is 17.6 Å². The monoisotopic (exact) mass is 420 g/mol. The van der Waals surface area contributed by atoms with Gasteiger partial charge in [-0.05, 0) is 56.4 Å². The third kappa shape index (κ3) is 4.99. The van der Waals surface area contributed by atoms with Crippen LogP contribution in [0.1, 0.15) is 58.2 Å². The van der Waals surface area contributed by atoms with Crippen molar-refractivity contribution in [3.63, 3.8) is 0 Å². The minimum atomic E-state index is -0.683. The van der Waals surface area contributed by atoms with E-state index in [0.717, 1.165) is 33.6 Å². The number of esters is 1. The van der Waals surface area contributed by atoms with Gasteiger partial charge in [0.15, 0.2) is 12.3 Å². The largest absolute Gasteiger partial charge is 0.451 e. The zero-order valence-corrected chi connectivity index (χ0v) is 18.8. The predicted octanol–water partition coefficient (Wildman–Crippen LogP) is 4.42. The van der Waals surface area contributed by atoms with Crippen molar-refractivity contribution in [2.24, 2.45) is 0 Å². The Labute approximate surface area is 182 Å². The molecule has 3 rings (SSSR count). The molecule has 1 heterocycles. The van der Waals surface area contributed by atoms with E-state index in [0.29, 0.717) is 5.69 Å². The molecule has 7 nitrogen and oxygen atoms in total. The second-order valence-electron chi connectivity index (χ2n) is 8.03. The van der Waals surface area contributed by atoms with Gasteiger partial charge in [-0.2, -0.15) is 9.90 Å². The summed E-state index contributed by atoms with van der Waals surface area (Å²) in [7, 11) is 0. The SMILES string of the molecule is Cc1ccc(-n2nc(C)c(C(=O)OCC(=O)Nc3c(C)cccc3C(C)C)n2)c(C)c1. The van der Waals surface area contributed by atoms with E-state index in [9.17, 15) is 9.59 Å². The standard InChI is InChI=1S/C24H28N4O3/c1-14(2)19-9-7-8-16(4)22(19)25-21(29)13-31-24(30)23-18(6)26-28(27-23)20-11-10-15(3)12-17(20)5/h7-12,14H,13H2,1-6H3,(H,25,29). The number of hydrogen-bond donors (Lipinski definition) is 1. The minimum Gasteiger partial charge on any atom is -0.451 e. The normalized spacial score (nSPS) is 10.9. The highest BCUT2D eigenvalue weighted by atomic mass is 16.5. The number of aromatic nitrogens is 3. The van der Waals surface area contributed by atoms with E-state index in [4.69, 9.17) is 4.74 Å². The van der Waals surface area contributed by atoms with E-state index in [-0.39, 0.29) is 11.6 Å². The molecule has 1 N–H and O–H groups in total. The number of carbonyl (C=O) groups excluding carboxylic acids is 2. The fraction of sp³-hybridized carbons (Fsp3) is 0.333. The van der Waals surface area contributed by atoms with Crippen LogP contribution in [-0.4, -0.2) is 33.5 Å². The van der Waals surface area contributed by atoms with Crippen LogP contribution in [0.25, 0.3) is 5.69 Å². The van der Waals surface area contributed by atoms with Crippen LogP contribution in [0.4, 0.5) is 5.69 Å². The Hall–Kier alpha value is -3.48. The van der Waals surface area contributed by atoms with E-state index >= 15 is 0 Å². The summed E-state index contributed by atoms with van der Waals surface area (Å²) < 4.78 is 5.21. The Morgan fingerprint density at radius 1 is 1.03 bits per heavy atom.